The molecular weight excluding hydrogens is 429 g/mol. The van der Waals surface area contributed by atoms with Gasteiger partial charge in [0.25, 0.3) is 15.9 Å². The number of hydrogen-bond donors (Lipinski definition) is 1. The van der Waals surface area contributed by atoms with Crippen LogP contribution >= 0.6 is 0 Å². The largest absolute Gasteiger partial charge is 0.271 e. The maximum Gasteiger partial charge on any atom is 0.264 e. The second-order valence-corrected chi connectivity index (χ2v) is 9.01. The van der Waals surface area contributed by atoms with Gasteiger partial charge in [-0.2, -0.15) is 5.10 Å². The standard InChI is InChI=1S/C24H24FN3O3S/c1-3-20-6-4-5-7-23(20)28(32(30,31)22-14-8-18(2)9-15-22)17-24(29)27-26-16-19-10-12-21(25)13-11-19/h4-16H,3,17H2,1-2H3,(H,27,29)/b26-16-. The molecule has 3 aromatic rings. The minimum atomic E-state index is -4.00. The van der Waals surface area contributed by atoms with E-state index in [-0.39, 0.29) is 10.7 Å². The average molecular weight is 454 g/mol. The first-order valence-electron chi connectivity index (χ1n) is 10.1. The first-order chi connectivity index (χ1) is 15.3. The molecule has 0 aliphatic carbocycles. The van der Waals surface area contributed by atoms with Crippen LogP contribution in [0.15, 0.2) is 82.8 Å². The van der Waals surface area contributed by atoms with E-state index in [1.807, 2.05) is 26.0 Å². The van der Waals surface area contributed by atoms with Crippen molar-refractivity contribution in [1.82, 2.24) is 5.43 Å². The minimum absolute atomic E-state index is 0.0941. The minimum Gasteiger partial charge on any atom is -0.271 e. The van der Waals surface area contributed by atoms with Crippen molar-refractivity contribution in [3.05, 3.63) is 95.3 Å². The van der Waals surface area contributed by atoms with Gasteiger partial charge in [-0.25, -0.2) is 18.2 Å². The molecule has 0 saturated carbocycles. The van der Waals surface area contributed by atoms with Crippen molar-refractivity contribution in [2.75, 3.05) is 10.8 Å². The monoisotopic (exact) mass is 453 g/mol. The lowest BCUT2D eigenvalue weighted by Crippen LogP contribution is -2.40. The highest BCUT2D eigenvalue weighted by molar-refractivity contribution is 7.92. The Hall–Kier alpha value is -3.52. The number of anilines is 1. The van der Waals surface area contributed by atoms with E-state index in [9.17, 15) is 17.6 Å². The van der Waals surface area contributed by atoms with Crippen LogP contribution in [-0.4, -0.2) is 27.1 Å². The molecule has 0 unspecified atom stereocenters. The topological polar surface area (TPSA) is 78.8 Å². The van der Waals surface area contributed by atoms with E-state index < -0.39 is 22.5 Å². The molecule has 3 aromatic carbocycles. The molecule has 0 atom stereocenters. The third kappa shape index (κ3) is 5.59. The van der Waals surface area contributed by atoms with Gasteiger partial charge in [-0.05, 0) is 54.8 Å². The molecule has 0 spiro atoms. The Morgan fingerprint density at radius 3 is 2.34 bits per heavy atom. The first kappa shape index (κ1) is 23.1. The van der Waals surface area contributed by atoms with Gasteiger partial charge in [0.1, 0.15) is 12.4 Å². The van der Waals surface area contributed by atoms with Crippen LogP contribution in [0.2, 0.25) is 0 Å². The normalized spacial score (nSPS) is 11.5. The number of carbonyl (C=O) groups excluding carboxylic acids is 1. The maximum atomic E-state index is 13.4. The molecule has 32 heavy (non-hydrogen) atoms. The van der Waals surface area contributed by atoms with Gasteiger partial charge in [-0.15, -0.1) is 0 Å². The van der Waals surface area contributed by atoms with Crippen molar-refractivity contribution in [3.8, 4) is 0 Å². The van der Waals surface area contributed by atoms with Crippen LogP contribution in [0.5, 0.6) is 0 Å². The highest BCUT2D eigenvalue weighted by Crippen LogP contribution is 2.27. The third-order valence-corrected chi connectivity index (χ3v) is 6.58. The number of para-hydroxylation sites is 1. The van der Waals surface area contributed by atoms with Gasteiger partial charge in [-0.1, -0.05) is 55.0 Å². The van der Waals surface area contributed by atoms with Crippen LogP contribution in [-0.2, 0) is 21.2 Å². The highest BCUT2D eigenvalue weighted by Gasteiger charge is 2.28. The SMILES string of the molecule is CCc1ccccc1N(CC(=O)N/N=C\c1ccc(F)cc1)S(=O)(=O)c1ccc(C)cc1. The van der Waals surface area contributed by atoms with Crippen LogP contribution in [0.3, 0.4) is 0 Å². The zero-order chi connectivity index (χ0) is 23.1. The predicted octanol–water partition coefficient (Wildman–Crippen LogP) is 4.04. The molecule has 166 valence electrons. The van der Waals surface area contributed by atoms with Gasteiger partial charge in [0, 0.05) is 0 Å². The summed E-state index contributed by atoms with van der Waals surface area (Å²) in [5.74, 6) is -0.984. The Balaban J connectivity index is 1.88. The number of sulfonamides is 1. The van der Waals surface area contributed by atoms with Gasteiger partial charge in [0.15, 0.2) is 0 Å². The molecule has 1 amide bonds. The summed E-state index contributed by atoms with van der Waals surface area (Å²) in [5, 5.41) is 3.86. The molecule has 8 heteroatoms. The van der Waals surface area contributed by atoms with Gasteiger partial charge >= 0.3 is 0 Å². The quantitative estimate of drug-likeness (QED) is 0.413. The van der Waals surface area contributed by atoms with Crippen LogP contribution in [0.4, 0.5) is 10.1 Å². The third-order valence-electron chi connectivity index (χ3n) is 4.81. The van der Waals surface area contributed by atoms with Gasteiger partial charge in [0.05, 0.1) is 16.8 Å². The molecule has 0 saturated heterocycles. The van der Waals surface area contributed by atoms with E-state index in [1.54, 1.807) is 24.3 Å². The summed E-state index contributed by atoms with van der Waals surface area (Å²) >= 11 is 0. The number of rotatable bonds is 8. The average Bonchev–Trinajstić information content (AvgIpc) is 2.79. The lowest BCUT2D eigenvalue weighted by molar-refractivity contribution is -0.119. The van der Waals surface area contributed by atoms with Crippen molar-refractivity contribution < 1.29 is 17.6 Å². The molecular formula is C24H24FN3O3S. The summed E-state index contributed by atoms with van der Waals surface area (Å²) in [5.41, 5.74) is 5.10. The van der Waals surface area contributed by atoms with E-state index >= 15 is 0 Å². The number of amides is 1. The molecule has 0 fully saturated rings. The smallest absolute Gasteiger partial charge is 0.264 e. The van der Waals surface area contributed by atoms with Gasteiger partial charge in [-0.3, -0.25) is 9.10 Å². The van der Waals surface area contributed by atoms with Crippen LogP contribution in [0.1, 0.15) is 23.6 Å². The molecule has 0 bridgehead atoms. The number of nitrogens with zero attached hydrogens (tertiary/aromatic N) is 2. The van der Waals surface area contributed by atoms with Crippen molar-refractivity contribution in [3.63, 3.8) is 0 Å². The molecule has 0 aliphatic rings. The summed E-state index contributed by atoms with van der Waals surface area (Å²) in [7, 11) is -4.00. The van der Waals surface area contributed by atoms with Gasteiger partial charge < -0.3 is 0 Å². The van der Waals surface area contributed by atoms with Gasteiger partial charge in [0.2, 0.25) is 0 Å². The molecule has 0 aromatic heterocycles. The van der Waals surface area contributed by atoms with Crippen LogP contribution < -0.4 is 9.73 Å². The fraction of sp³-hybridized carbons (Fsp3) is 0.167. The van der Waals surface area contributed by atoms with Crippen LogP contribution in [0.25, 0.3) is 0 Å². The first-order valence-corrected chi connectivity index (χ1v) is 11.5. The Kier molecular flexibility index (Phi) is 7.37. The van der Waals surface area contributed by atoms with Crippen molar-refractivity contribution in [2.24, 2.45) is 5.10 Å². The summed E-state index contributed by atoms with van der Waals surface area (Å²) < 4.78 is 41.0. The molecule has 0 aliphatic heterocycles. The number of halogens is 1. The number of hydrazone groups is 1. The highest BCUT2D eigenvalue weighted by atomic mass is 32.2. The number of nitrogens with one attached hydrogen (secondary N) is 1. The molecule has 1 N–H and O–H groups in total. The number of aryl methyl sites for hydroxylation is 2. The fourth-order valence-corrected chi connectivity index (χ4v) is 4.54. The zero-order valence-corrected chi connectivity index (χ0v) is 18.6. The Bertz CT molecular complexity index is 1210. The Labute approximate surface area is 187 Å². The summed E-state index contributed by atoms with van der Waals surface area (Å²) in [6, 6.07) is 19.1. The number of benzene rings is 3. The van der Waals surface area contributed by atoms with E-state index in [2.05, 4.69) is 10.5 Å². The fourth-order valence-electron chi connectivity index (χ4n) is 3.08. The summed E-state index contributed by atoms with van der Waals surface area (Å²) in [6.07, 6.45) is 1.95. The van der Waals surface area contributed by atoms with E-state index in [4.69, 9.17) is 0 Å². The van der Waals surface area contributed by atoms with Crippen molar-refractivity contribution >= 4 is 27.8 Å². The molecule has 0 radical (unpaired) electrons. The zero-order valence-electron chi connectivity index (χ0n) is 17.8. The second-order valence-electron chi connectivity index (χ2n) is 7.15. The Morgan fingerprint density at radius 2 is 1.69 bits per heavy atom. The summed E-state index contributed by atoms with van der Waals surface area (Å²) in [6.45, 7) is 3.34. The summed E-state index contributed by atoms with van der Waals surface area (Å²) in [4.78, 5) is 12.7. The van der Waals surface area contributed by atoms with Crippen LogP contribution in [0, 0.1) is 12.7 Å². The Morgan fingerprint density at radius 1 is 1.03 bits per heavy atom. The lowest BCUT2D eigenvalue weighted by Gasteiger charge is -2.25. The second kappa shape index (κ2) is 10.2. The van der Waals surface area contributed by atoms with Crippen molar-refractivity contribution in [2.45, 2.75) is 25.2 Å². The molecule has 0 heterocycles. The van der Waals surface area contributed by atoms with Crippen molar-refractivity contribution in [1.29, 1.82) is 0 Å². The van der Waals surface area contributed by atoms with E-state index in [1.165, 1.54) is 42.6 Å². The molecule has 6 nitrogen and oxygen atoms in total. The number of carbonyl (C=O) groups is 1. The van der Waals surface area contributed by atoms with E-state index in [0.717, 1.165) is 15.4 Å². The van der Waals surface area contributed by atoms with E-state index in [0.29, 0.717) is 17.7 Å². The molecule has 3 rings (SSSR count). The maximum absolute atomic E-state index is 13.4. The number of hydrogen-bond acceptors (Lipinski definition) is 4. The lowest BCUT2D eigenvalue weighted by atomic mass is 10.1. The predicted molar refractivity (Wildman–Crippen MR) is 124 cm³/mol.